The van der Waals surface area contributed by atoms with E-state index in [9.17, 15) is 19.2 Å². The van der Waals surface area contributed by atoms with Crippen LogP contribution in [0, 0.1) is 0 Å². The number of hydrogen-bond donors (Lipinski definition) is 2. The van der Waals surface area contributed by atoms with Gasteiger partial charge in [0.25, 0.3) is 0 Å². The van der Waals surface area contributed by atoms with E-state index in [1.807, 2.05) is 88.5 Å². The molecule has 2 atom stereocenters. The molecule has 0 aliphatic carbocycles. The number of aromatic nitrogens is 2. The van der Waals surface area contributed by atoms with Crippen LogP contribution in [0.25, 0.3) is 0 Å². The highest BCUT2D eigenvalue weighted by Crippen LogP contribution is 2.35. The highest BCUT2D eigenvalue weighted by molar-refractivity contribution is 5.93. The van der Waals surface area contributed by atoms with Crippen molar-refractivity contribution in [2.75, 3.05) is 26.8 Å². The Morgan fingerprint density at radius 1 is 0.862 bits per heavy atom. The predicted octanol–water partition coefficient (Wildman–Crippen LogP) is 7.59. The summed E-state index contributed by atoms with van der Waals surface area (Å²) in [6, 6.07) is 26.6. The van der Waals surface area contributed by atoms with Crippen molar-refractivity contribution in [1.29, 1.82) is 0 Å². The summed E-state index contributed by atoms with van der Waals surface area (Å²) in [7, 11) is 1.72. The van der Waals surface area contributed by atoms with Crippen LogP contribution in [0.4, 0.5) is 4.79 Å². The van der Waals surface area contributed by atoms with Crippen LogP contribution in [-0.4, -0.2) is 82.1 Å². The standard InChI is InChI=1S/C26H31N3O2.C20H30N2O5/c1-19(2)23-17-29(18-27-23)25(21-9-5-4-6-10-21)26(30)28-15-13-20(14-16-28)22-11-7-8-12-24(22)31-3;1-14(23)16(13-26-12-15-10-8-7-9-11-15)21-17(24)20(5,6)22-18(25)27-19(2,3)4/h4-12,17-20,25H,13-16H2,1-3H3;7-11,16H,12-13H2,1-6H3,(H,21,24)(H,22,25)/t;16-/m.1/s1. The van der Waals surface area contributed by atoms with Gasteiger partial charge < -0.3 is 34.3 Å². The van der Waals surface area contributed by atoms with E-state index in [-0.39, 0.29) is 24.3 Å². The second-order valence-corrected chi connectivity index (χ2v) is 16.4. The number of nitrogens with zero attached hydrogens (tertiary/aromatic N) is 3. The summed E-state index contributed by atoms with van der Waals surface area (Å²) in [4.78, 5) is 56.5. The van der Waals surface area contributed by atoms with E-state index in [2.05, 4.69) is 41.6 Å². The summed E-state index contributed by atoms with van der Waals surface area (Å²) in [5, 5.41) is 5.14. The van der Waals surface area contributed by atoms with Crippen molar-refractivity contribution >= 4 is 23.7 Å². The maximum absolute atomic E-state index is 13.7. The Labute approximate surface area is 343 Å². The monoisotopic (exact) mass is 795 g/mol. The van der Waals surface area contributed by atoms with Crippen molar-refractivity contribution < 1.29 is 33.4 Å². The number of likely N-dealkylation sites (tertiary alicyclic amines) is 1. The lowest BCUT2D eigenvalue weighted by atomic mass is 9.88. The molecule has 5 rings (SSSR count). The molecule has 1 aliphatic rings. The van der Waals surface area contributed by atoms with E-state index in [0.717, 1.165) is 48.5 Å². The number of ether oxygens (including phenoxy) is 3. The topological polar surface area (TPSA) is 141 Å². The van der Waals surface area contributed by atoms with Crippen molar-refractivity contribution in [3.05, 3.63) is 120 Å². The first-order chi connectivity index (χ1) is 27.5. The molecule has 2 N–H and O–H groups in total. The van der Waals surface area contributed by atoms with Crippen molar-refractivity contribution in [2.24, 2.45) is 0 Å². The molecule has 1 aromatic heterocycles. The van der Waals surface area contributed by atoms with Gasteiger partial charge in [0.15, 0.2) is 5.78 Å². The second kappa shape index (κ2) is 20.8. The number of carbonyl (C=O) groups excluding carboxylic acids is 4. The van der Waals surface area contributed by atoms with Gasteiger partial charge in [0.1, 0.15) is 29.0 Å². The van der Waals surface area contributed by atoms with Crippen LogP contribution in [0.1, 0.15) is 108 Å². The van der Waals surface area contributed by atoms with E-state index in [4.69, 9.17) is 14.2 Å². The third kappa shape index (κ3) is 13.3. The van der Waals surface area contributed by atoms with Crippen LogP contribution in [-0.2, 0) is 30.5 Å². The van der Waals surface area contributed by atoms with Crippen molar-refractivity contribution in [3.8, 4) is 5.75 Å². The van der Waals surface area contributed by atoms with Crippen LogP contribution in [0.3, 0.4) is 0 Å². The van der Waals surface area contributed by atoms with Gasteiger partial charge in [0.2, 0.25) is 11.8 Å². The molecule has 0 radical (unpaired) electrons. The Bertz CT molecular complexity index is 1930. The smallest absolute Gasteiger partial charge is 0.408 e. The lowest BCUT2D eigenvalue weighted by molar-refractivity contribution is -0.134. The summed E-state index contributed by atoms with van der Waals surface area (Å²) in [6.07, 6.45) is 4.99. The maximum atomic E-state index is 13.7. The number of alkyl carbamates (subject to hydrolysis) is 1. The lowest BCUT2D eigenvalue weighted by Gasteiger charge is -2.35. The zero-order valence-electron chi connectivity index (χ0n) is 35.5. The number of Topliss-reactive ketones (excluding diaryl/α,β-unsaturated/α-hetero) is 1. The van der Waals surface area contributed by atoms with Gasteiger partial charge in [-0.15, -0.1) is 0 Å². The van der Waals surface area contributed by atoms with E-state index in [0.29, 0.717) is 18.4 Å². The lowest BCUT2D eigenvalue weighted by Crippen LogP contribution is -2.58. The molecule has 0 saturated carbocycles. The summed E-state index contributed by atoms with van der Waals surface area (Å²) in [5.74, 6) is 1.08. The molecule has 1 aliphatic heterocycles. The summed E-state index contributed by atoms with van der Waals surface area (Å²) >= 11 is 0. The molecule has 1 fully saturated rings. The number of carbonyl (C=O) groups is 4. The highest BCUT2D eigenvalue weighted by atomic mass is 16.6. The van der Waals surface area contributed by atoms with Crippen LogP contribution in [0.2, 0.25) is 0 Å². The first kappa shape index (κ1) is 45.2. The van der Waals surface area contributed by atoms with Crippen LogP contribution in [0.5, 0.6) is 5.75 Å². The third-order valence-corrected chi connectivity index (χ3v) is 9.82. The van der Waals surface area contributed by atoms with Crippen LogP contribution >= 0.6 is 0 Å². The number of hydrogen-bond acceptors (Lipinski definition) is 8. The quantitative estimate of drug-likeness (QED) is 0.133. The Hall–Kier alpha value is -5.49. The van der Waals surface area contributed by atoms with Crippen molar-refractivity contribution in [1.82, 2.24) is 25.1 Å². The van der Waals surface area contributed by atoms with Gasteiger partial charge in [-0.2, -0.15) is 0 Å². The second-order valence-electron chi connectivity index (χ2n) is 16.4. The predicted molar refractivity (Wildman–Crippen MR) is 225 cm³/mol. The number of rotatable bonds is 14. The number of para-hydroxylation sites is 1. The highest BCUT2D eigenvalue weighted by Gasteiger charge is 2.34. The summed E-state index contributed by atoms with van der Waals surface area (Å²) < 4.78 is 18.3. The van der Waals surface area contributed by atoms with Crippen molar-refractivity contribution in [2.45, 2.75) is 110 Å². The Kier molecular flexibility index (Phi) is 16.2. The maximum Gasteiger partial charge on any atom is 0.408 e. The molecule has 4 aromatic rings. The summed E-state index contributed by atoms with van der Waals surface area (Å²) in [5.41, 5.74) is 2.28. The van der Waals surface area contributed by atoms with Gasteiger partial charge in [-0.3, -0.25) is 14.4 Å². The van der Waals surface area contributed by atoms with Crippen LogP contribution < -0.4 is 15.4 Å². The zero-order chi connectivity index (χ0) is 42.5. The zero-order valence-corrected chi connectivity index (χ0v) is 35.5. The third-order valence-electron chi connectivity index (χ3n) is 9.82. The SMILES string of the molecule is CC(=O)[C@@H](COCc1ccccc1)NC(=O)C(C)(C)NC(=O)OC(C)(C)C.COc1ccccc1C1CCN(C(=O)C(c2ccccc2)n2cnc(C(C)C)c2)CC1. The minimum Gasteiger partial charge on any atom is -0.496 e. The van der Waals surface area contributed by atoms with Gasteiger partial charge in [-0.25, -0.2) is 9.78 Å². The molecule has 2 heterocycles. The van der Waals surface area contributed by atoms with E-state index in [1.54, 1.807) is 34.2 Å². The number of imidazole rings is 1. The molecule has 1 unspecified atom stereocenters. The Balaban J connectivity index is 0.000000260. The van der Waals surface area contributed by atoms with Gasteiger partial charge >= 0.3 is 6.09 Å². The van der Waals surface area contributed by atoms with Gasteiger partial charge in [0, 0.05) is 19.3 Å². The van der Waals surface area contributed by atoms with E-state index < -0.39 is 29.2 Å². The minimum atomic E-state index is -1.25. The molecular weight excluding hydrogens is 735 g/mol. The van der Waals surface area contributed by atoms with Gasteiger partial charge in [0.05, 0.1) is 32.3 Å². The van der Waals surface area contributed by atoms with E-state index in [1.165, 1.54) is 26.3 Å². The molecule has 312 valence electrons. The molecule has 12 heteroatoms. The molecule has 58 heavy (non-hydrogen) atoms. The largest absolute Gasteiger partial charge is 0.496 e. The number of piperidine rings is 1. The molecule has 3 aromatic carbocycles. The fourth-order valence-electron chi connectivity index (χ4n) is 6.54. The fourth-order valence-corrected chi connectivity index (χ4v) is 6.54. The molecule has 12 nitrogen and oxygen atoms in total. The number of nitrogens with one attached hydrogen (secondary N) is 2. The molecule has 3 amide bonds. The molecule has 0 bridgehead atoms. The minimum absolute atomic E-state index is 0.0402. The molecule has 0 spiro atoms. The average Bonchev–Trinajstić information content (AvgIpc) is 3.68. The molecular formula is C46H61N5O7. The fraction of sp³-hybridized carbons (Fsp3) is 0.457. The average molecular weight is 796 g/mol. The number of ketones is 1. The number of amides is 3. The van der Waals surface area contributed by atoms with Gasteiger partial charge in [-0.1, -0.05) is 92.7 Å². The van der Waals surface area contributed by atoms with Crippen molar-refractivity contribution in [3.63, 3.8) is 0 Å². The first-order valence-electron chi connectivity index (χ1n) is 19.9. The number of methoxy groups -OCH3 is 1. The normalized spacial score (nSPS) is 14.4. The first-order valence-corrected chi connectivity index (χ1v) is 19.9. The Morgan fingerprint density at radius 2 is 1.47 bits per heavy atom. The molecule has 1 saturated heterocycles. The number of benzene rings is 3. The van der Waals surface area contributed by atoms with E-state index >= 15 is 0 Å². The summed E-state index contributed by atoms with van der Waals surface area (Å²) in [6.45, 7) is 15.8. The van der Waals surface area contributed by atoms with Gasteiger partial charge in [-0.05, 0) is 89.0 Å². The Morgan fingerprint density at radius 3 is 2.03 bits per heavy atom. The van der Waals surface area contributed by atoms with Crippen LogP contribution in [0.15, 0.2) is 97.5 Å².